The van der Waals surface area contributed by atoms with E-state index in [2.05, 4.69) is 0 Å². The number of alkyl halides is 2. The highest BCUT2D eigenvalue weighted by atomic mass is 19.3. The van der Waals surface area contributed by atoms with Crippen molar-refractivity contribution in [2.45, 2.75) is 57.8 Å². The lowest BCUT2D eigenvalue weighted by Crippen LogP contribution is -2.46. The molecule has 0 spiro atoms. The third-order valence-electron chi connectivity index (χ3n) is 5.26. The molecule has 0 aliphatic carbocycles. The van der Waals surface area contributed by atoms with Gasteiger partial charge in [-0.2, -0.15) is 8.78 Å². The maximum absolute atomic E-state index is 14.9. The molecule has 1 aliphatic rings. The van der Waals surface area contributed by atoms with Gasteiger partial charge in [-0.15, -0.1) is 0 Å². The summed E-state index contributed by atoms with van der Waals surface area (Å²) in [6, 6.07) is 7.52. The predicted molar refractivity (Wildman–Crippen MR) is 117 cm³/mol. The van der Waals surface area contributed by atoms with Gasteiger partial charge in [0.2, 0.25) is 0 Å². The topological polar surface area (TPSA) is 132 Å². The second-order valence-electron chi connectivity index (χ2n) is 8.02. The van der Waals surface area contributed by atoms with E-state index in [4.69, 9.17) is 18.9 Å². The Bertz CT molecular complexity index is 1240. The molecule has 0 amide bonds. The van der Waals surface area contributed by atoms with E-state index in [1.165, 1.54) is 12.1 Å². The van der Waals surface area contributed by atoms with Crippen molar-refractivity contribution in [3.05, 3.63) is 69.0 Å². The summed E-state index contributed by atoms with van der Waals surface area (Å²) in [6.07, 6.45) is -4.42. The zero-order chi connectivity index (χ0) is 26.6. The van der Waals surface area contributed by atoms with Crippen molar-refractivity contribution in [2.24, 2.45) is 0 Å². The smallest absolute Gasteiger partial charge is 0.333 e. The Morgan fingerprint density at radius 2 is 1.56 bits per heavy atom. The van der Waals surface area contributed by atoms with Crippen LogP contribution in [0.15, 0.2) is 52.2 Å². The molecule has 0 saturated carbocycles. The lowest BCUT2D eigenvalue weighted by atomic mass is 10.1. The highest BCUT2D eigenvalue weighted by molar-refractivity contribution is 5.68. The van der Waals surface area contributed by atoms with Crippen molar-refractivity contribution in [1.29, 1.82) is 0 Å². The van der Waals surface area contributed by atoms with E-state index in [1.54, 1.807) is 6.07 Å². The first-order valence-corrected chi connectivity index (χ1v) is 10.8. The van der Waals surface area contributed by atoms with Gasteiger partial charge in [-0.3, -0.25) is 28.3 Å². The summed E-state index contributed by atoms with van der Waals surface area (Å²) in [4.78, 5) is 60.4. The third kappa shape index (κ3) is 6.03. The Morgan fingerprint density at radius 1 is 0.944 bits per heavy atom. The molecule has 3 unspecified atom stereocenters. The molecule has 0 bridgehead atoms. The van der Waals surface area contributed by atoms with Crippen LogP contribution in [0.2, 0.25) is 0 Å². The quantitative estimate of drug-likeness (QED) is 0.379. The number of esters is 3. The fourth-order valence-corrected chi connectivity index (χ4v) is 3.76. The summed E-state index contributed by atoms with van der Waals surface area (Å²) in [7, 11) is 0. The van der Waals surface area contributed by atoms with Crippen molar-refractivity contribution in [2.75, 3.05) is 6.61 Å². The van der Waals surface area contributed by atoms with Gasteiger partial charge in [0.25, 0.3) is 11.5 Å². The van der Waals surface area contributed by atoms with Crippen LogP contribution in [0.3, 0.4) is 0 Å². The fraction of sp³-hybridized carbons (Fsp3) is 0.435. The minimum atomic E-state index is -3.58. The van der Waals surface area contributed by atoms with Crippen LogP contribution in [0.25, 0.3) is 0 Å². The van der Waals surface area contributed by atoms with E-state index in [1.807, 2.05) is 0 Å². The molecule has 1 fully saturated rings. The number of carbonyl (C=O) groups is 3. The highest BCUT2D eigenvalue weighted by Gasteiger charge is 2.51. The lowest BCUT2D eigenvalue weighted by Gasteiger charge is -2.24. The Morgan fingerprint density at radius 3 is 2.14 bits per heavy atom. The highest BCUT2D eigenvalue weighted by Crippen LogP contribution is 2.34. The number of carbonyl (C=O) groups excluding carboxylic acids is 3. The number of hydrogen-bond donors (Lipinski definition) is 0. The molecule has 1 saturated heterocycles. The van der Waals surface area contributed by atoms with Gasteiger partial charge in [-0.25, -0.2) is 4.79 Å². The molecule has 13 heteroatoms. The molecule has 1 aromatic carbocycles. The predicted octanol–water partition coefficient (Wildman–Crippen LogP) is 1.13. The van der Waals surface area contributed by atoms with E-state index in [0.29, 0.717) is 4.57 Å². The van der Waals surface area contributed by atoms with Crippen molar-refractivity contribution in [1.82, 2.24) is 9.13 Å². The normalized spacial score (nSPS) is 21.6. The Labute approximate surface area is 203 Å². The lowest BCUT2D eigenvalue weighted by molar-refractivity contribution is -0.166. The van der Waals surface area contributed by atoms with Crippen LogP contribution in [-0.4, -0.2) is 52.0 Å². The van der Waals surface area contributed by atoms with Gasteiger partial charge in [-0.05, 0) is 0 Å². The molecule has 4 atom stereocenters. The number of ether oxygens (including phenoxy) is 4. The van der Waals surface area contributed by atoms with Gasteiger partial charge in [0.15, 0.2) is 18.4 Å². The van der Waals surface area contributed by atoms with Crippen molar-refractivity contribution >= 4 is 17.9 Å². The van der Waals surface area contributed by atoms with E-state index < -0.39 is 78.3 Å². The van der Waals surface area contributed by atoms with Crippen LogP contribution < -0.4 is 11.2 Å². The van der Waals surface area contributed by atoms with Crippen LogP contribution in [0.1, 0.15) is 32.6 Å². The van der Waals surface area contributed by atoms with Crippen LogP contribution in [-0.2, 0) is 45.8 Å². The van der Waals surface area contributed by atoms with E-state index >= 15 is 0 Å². The van der Waals surface area contributed by atoms with Crippen LogP contribution in [0.5, 0.6) is 0 Å². The molecule has 1 aromatic heterocycles. The van der Waals surface area contributed by atoms with Gasteiger partial charge < -0.3 is 18.9 Å². The summed E-state index contributed by atoms with van der Waals surface area (Å²) in [5.41, 5.74) is -2.59. The zero-order valence-corrected chi connectivity index (χ0v) is 19.6. The molecular weight excluding hydrogens is 486 g/mol. The minimum absolute atomic E-state index is 0.321. The maximum atomic E-state index is 14.9. The molecule has 0 radical (unpaired) electrons. The molecule has 0 N–H and O–H groups in total. The molecule has 11 nitrogen and oxygen atoms in total. The Hall–Kier alpha value is -3.87. The van der Waals surface area contributed by atoms with E-state index in [0.717, 1.165) is 49.7 Å². The van der Waals surface area contributed by atoms with Crippen LogP contribution in [0.4, 0.5) is 8.78 Å². The molecule has 3 rings (SSSR count). The van der Waals surface area contributed by atoms with Crippen molar-refractivity contribution in [3.8, 4) is 0 Å². The average molecular weight is 510 g/mol. The zero-order valence-electron chi connectivity index (χ0n) is 19.6. The number of halogens is 2. The van der Waals surface area contributed by atoms with E-state index in [-0.39, 0.29) is 0 Å². The third-order valence-corrected chi connectivity index (χ3v) is 5.26. The fourth-order valence-electron chi connectivity index (χ4n) is 3.76. The first-order chi connectivity index (χ1) is 16.9. The first kappa shape index (κ1) is 26.7. The van der Waals surface area contributed by atoms with Gasteiger partial charge >= 0.3 is 23.6 Å². The molecule has 2 aromatic rings. The summed E-state index contributed by atoms with van der Waals surface area (Å²) < 4.78 is 52.0. The summed E-state index contributed by atoms with van der Waals surface area (Å²) >= 11 is 0. The van der Waals surface area contributed by atoms with Gasteiger partial charge in [-0.1, -0.05) is 30.3 Å². The second kappa shape index (κ2) is 10.8. The van der Waals surface area contributed by atoms with Gasteiger partial charge in [0.05, 0.1) is 6.54 Å². The summed E-state index contributed by atoms with van der Waals surface area (Å²) in [5.74, 6) is -5.86. The average Bonchev–Trinajstić information content (AvgIpc) is 3.11. The minimum Gasteiger partial charge on any atom is -0.463 e. The number of nitrogens with zero attached hydrogens (tertiary/aromatic N) is 2. The van der Waals surface area contributed by atoms with Crippen molar-refractivity contribution in [3.63, 3.8) is 0 Å². The number of benzene rings is 1. The molecule has 1 aliphatic heterocycles. The van der Waals surface area contributed by atoms with Gasteiger partial charge in [0, 0.05) is 38.6 Å². The SMILES string of the molecule is CC(=O)OCC1OC(n2ccc(=O)n(CC(F)(F)c3ccccc3)c2=O)C(OC(C)=O)[C@H]1OC(C)=O. The second-order valence-corrected chi connectivity index (χ2v) is 8.02. The van der Waals surface area contributed by atoms with E-state index in [9.17, 15) is 32.8 Å². The largest absolute Gasteiger partial charge is 0.463 e. The maximum Gasteiger partial charge on any atom is 0.333 e. The van der Waals surface area contributed by atoms with Gasteiger partial charge in [0.1, 0.15) is 12.7 Å². The number of aromatic nitrogens is 2. The molecule has 2 heterocycles. The first-order valence-electron chi connectivity index (χ1n) is 10.8. The number of rotatable bonds is 8. The van der Waals surface area contributed by atoms with Crippen LogP contribution >= 0.6 is 0 Å². The Balaban J connectivity index is 2.04. The van der Waals surface area contributed by atoms with Crippen LogP contribution in [0, 0.1) is 0 Å². The van der Waals surface area contributed by atoms with Crippen molar-refractivity contribution < 1.29 is 42.1 Å². The molecular formula is C23H24F2N2O9. The summed E-state index contributed by atoms with van der Waals surface area (Å²) in [6.45, 7) is 1.57. The monoisotopic (exact) mass is 510 g/mol. The standard InChI is InChI=1S/C23H24F2N2O9/c1-13(28)33-11-17-19(34-14(2)29)20(35-15(3)30)21(36-17)26-10-9-18(31)27(22(26)32)12-23(24,25)16-7-5-4-6-8-16/h4-10,17,19-21H,11-12H2,1-3H3/t17?,19-,20?,21?/m0/s1. The molecule has 36 heavy (non-hydrogen) atoms. The Kier molecular flexibility index (Phi) is 8.03. The summed E-state index contributed by atoms with van der Waals surface area (Å²) in [5, 5.41) is 0. The number of hydrogen-bond acceptors (Lipinski definition) is 9. The molecule has 194 valence electrons.